The molecule has 2 amide bonds. The normalized spacial score (nSPS) is 15.7. The van der Waals surface area contributed by atoms with Crippen molar-refractivity contribution in [2.24, 2.45) is 0 Å². The number of amides is 2. The third-order valence-electron chi connectivity index (χ3n) is 4.75. The standard InChI is InChI=1S/C21H33N3O3/c1-21(2,3)27-20(26)24-12-10-18(11-13-24)23(6)15-16-8-7-9-17(14-16)19(25)22(4)5/h7-9,14,18H,10-13,15H2,1-6H3. The molecule has 1 saturated heterocycles. The van der Waals surface area contributed by atoms with Gasteiger partial charge in [-0.1, -0.05) is 12.1 Å². The minimum atomic E-state index is -0.459. The Morgan fingerprint density at radius 2 is 1.78 bits per heavy atom. The van der Waals surface area contributed by atoms with Crippen molar-refractivity contribution < 1.29 is 14.3 Å². The van der Waals surface area contributed by atoms with Crippen molar-refractivity contribution in [1.82, 2.24) is 14.7 Å². The number of ether oxygens (including phenoxy) is 1. The number of nitrogens with zero attached hydrogens (tertiary/aromatic N) is 3. The Bertz CT molecular complexity index is 659. The maximum atomic E-state index is 12.2. The molecule has 1 aromatic carbocycles. The summed E-state index contributed by atoms with van der Waals surface area (Å²) >= 11 is 0. The third-order valence-corrected chi connectivity index (χ3v) is 4.75. The van der Waals surface area contributed by atoms with Crippen molar-refractivity contribution in [2.45, 2.75) is 51.8 Å². The van der Waals surface area contributed by atoms with E-state index in [1.54, 1.807) is 23.9 Å². The molecule has 0 atom stereocenters. The zero-order valence-electron chi connectivity index (χ0n) is 17.5. The number of benzene rings is 1. The van der Waals surface area contributed by atoms with E-state index in [0.717, 1.165) is 24.9 Å². The maximum Gasteiger partial charge on any atom is 0.410 e. The molecule has 0 saturated carbocycles. The molecule has 0 radical (unpaired) electrons. The first-order valence-electron chi connectivity index (χ1n) is 9.55. The van der Waals surface area contributed by atoms with Gasteiger partial charge in [0.15, 0.2) is 0 Å². The molecule has 0 bridgehead atoms. The molecule has 1 heterocycles. The highest BCUT2D eigenvalue weighted by molar-refractivity contribution is 5.94. The van der Waals surface area contributed by atoms with E-state index < -0.39 is 5.60 Å². The van der Waals surface area contributed by atoms with Gasteiger partial charge in [-0.15, -0.1) is 0 Å². The van der Waals surface area contributed by atoms with E-state index in [1.807, 2.05) is 39.0 Å². The summed E-state index contributed by atoms with van der Waals surface area (Å²) in [5.74, 6) is 0.0187. The van der Waals surface area contributed by atoms with Crippen LogP contribution in [-0.2, 0) is 11.3 Å². The maximum absolute atomic E-state index is 12.2. The van der Waals surface area contributed by atoms with Crippen LogP contribution in [0, 0.1) is 0 Å². The van der Waals surface area contributed by atoms with Crippen LogP contribution in [-0.4, -0.2) is 72.6 Å². The van der Waals surface area contributed by atoms with Gasteiger partial charge in [-0.3, -0.25) is 9.69 Å². The van der Waals surface area contributed by atoms with Gasteiger partial charge in [-0.05, 0) is 58.4 Å². The first kappa shape index (κ1) is 21.2. The molecule has 1 aromatic rings. The van der Waals surface area contributed by atoms with Gasteiger partial charge in [0.25, 0.3) is 5.91 Å². The fraction of sp³-hybridized carbons (Fsp3) is 0.619. The second-order valence-electron chi connectivity index (χ2n) is 8.51. The molecule has 6 heteroatoms. The van der Waals surface area contributed by atoms with Crippen molar-refractivity contribution in [3.8, 4) is 0 Å². The molecule has 150 valence electrons. The summed E-state index contributed by atoms with van der Waals surface area (Å²) in [6.07, 6.45) is 1.62. The molecule has 1 fully saturated rings. The Morgan fingerprint density at radius 1 is 1.15 bits per heavy atom. The second-order valence-corrected chi connectivity index (χ2v) is 8.51. The lowest BCUT2D eigenvalue weighted by molar-refractivity contribution is 0.0153. The van der Waals surface area contributed by atoms with Crippen LogP contribution in [0.25, 0.3) is 0 Å². The van der Waals surface area contributed by atoms with E-state index in [2.05, 4.69) is 18.0 Å². The monoisotopic (exact) mass is 375 g/mol. The molecular formula is C21H33N3O3. The number of carbonyl (C=O) groups excluding carboxylic acids is 2. The van der Waals surface area contributed by atoms with Gasteiger partial charge in [0.05, 0.1) is 0 Å². The number of hydrogen-bond acceptors (Lipinski definition) is 4. The highest BCUT2D eigenvalue weighted by Gasteiger charge is 2.28. The molecule has 27 heavy (non-hydrogen) atoms. The second kappa shape index (κ2) is 8.74. The molecule has 1 aliphatic heterocycles. The molecule has 0 aliphatic carbocycles. The number of piperidine rings is 1. The van der Waals surface area contributed by atoms with Crippen molar-refractivity contribution in [3.05, 3.63) is 35.4 Å². The fourth-order valence-electron chi connectivity index (χ4n) is 3.29. The summed E-state index contributed by atoms with van der Waals surface area (Å²) in [4.78, 5) is 30.0. The quantitative estimate of drug-likeness (QED) is 0.811. The highest BCUT2D eigenvalue weighted by Crippen LogP contribution is 2.20. The zero-order valence-corrected chi connectivity index (χ0v) is 17.5. The summed E-state index contributed by atoms with van der Waals surface area (Å²) in [5, 5.41) is 0. The molecular weight excluding hydrogens is 342 g/mol. The molecule has 0 spiro atoms. The van der Waals surface area contributed by atoms with Crippen molar-refractivity contribution in [3.63, 3.8) is 0 Å². The minimum absolute atomic E-state index is 0.0187. The summed E-state index contributed by atoms with van der Waals surface area (Å²) in [6, 6.07) is 8.22. The lowest BCUT2D eigenvalue weighted by Gasteiger charge is -2.37. The van der Waals surface area contributed by atoms with Gasteiger partial charge < -0.3 is 14.5 Å². The van der Waals surface area contributed by atoms with Crippen LogP contribution in [0.5, 0.6) is 0 Å². The lowest BCUT2D eigenvalue weighted by atomic mass is 10.0. The third kappa shape index (κ3) is 6.24. The first-order valence-corrected chi connectivity index (χ1v) is 9.55. The van der Waals surface area contributed by atoms with E-state index in [0.29, 0.717) is 24.7 Å². The predicted molar refractivity (Wildman–Crippen MR) is 107 cm³/mol. The number of carbonyl (C=O) groups is 2. The number of rotatable bonds is 4. The lowest BCUT2D eigenvalue weighted by Crippen LogP contribution is -2.46. The number of likely N-dealkylation sites (tertiary alicyclic amines) is 1. The van der Waals surface area contributed by atoms with E-state index in [-0.39, 0.29) is 12.0 Å². The molecule has 1 aliphatic rings. The van der Waals surface area contributed by atoms with E-state index in [4.69, 9.17) is 4.74 Å². The van der Waals surface area contributed by atoms with E-state index in [1.165, 1.54) is 0 Å². The number of hydrogen-bond donors (Lipinski definition) is 0. The van der Waals surface area contributed by atoms with Gasteiger partial charge in [0.1, 0.15) is 5.60 Å². The van der Waals surface area contributed by atoms with Gasteiger partial charge in [0, 0.05) is 45.3 Å². The average molecular weight is 376 g/mol. The Morgan fingerprint density at radius 3 is 2.33 bits per heavy atom. The molecule has 0 aromatic heterocycles. The van der Waals surface area contributed by atoms with Crippen molar-refractivity contribution in [1.29, 1.82) is 0 Å². The first-order chi connectivity index (χ1) is 12.6. The van der Waals surface area contributed by atoms with Crippen LogP contribution in [0.2, 0.25) is 0 Å². The fourth-order valence-corrected chi connectivity index (χ4v) is 3.29. The minimum Gasteiger partial charge on any atom is -0.444 e. The summed E-state index contributed by atoms with van der Waals surface area (Å²) < 4.78 is 5.46. The van der Waals surface area contributed by atoms with Crippen molar-refractivity contribution in [2.75, 3.05) is 34.2 Å². The van der Waals surface area contributed by atoms with Crippen LogP contribution in [0.4, 0.5) is 4.79 Å². The molecule has 2 rings (SSSR count). The molecule has 6 nitrogen and oxygen atoms in total. The zero-order chi connectivity index (χ0) is 20.2. The van der Waals surface area contributed by atoms with Gasteiger partial charge in [0.2, 0.25) is 0 Å². The van der Waals surface area contributed by atoms with Gasteiger partial charge in [-0.2, -0.15) is 0 Å². The Balaban J connectivity index is 1.89. The van der Waals surface area contributed by atoms with E-state index >= 15 is 0 Å². The Kier molecular flexibility index (Phi) is 6.87. The predicted octanol–water partition coefficient (Wildman–Crippen LogP) is 3.22. The largest absolute Gasteiger partial charge is 0.444 e. The summed E-state index contributed by atoms with van der Waals surface area (Å²) in [5.41, 5.74) is 1.38. The van der Waals surface area contributed by atoms with Crippen LogP contribution >= 0.6 is 0 Å². The average Bonchev–Trinajstić information content (AvgIpc) is 2.59. The molecule has 0 N–H and O–H groups in total. The SMILES string of the molecule is CN(C)C(=O)c1cccc(CN(C)C2CCN(C(=O)OC(C)(C)C)CC2)c1. The summed E-state index contributed by atoms with van der Waals surface area (Å²) in [6.45, 7) is 7.87. The molecule has 0 unspecified atom stereocenters. The van der Waals surface area contributed by atoms with Crippen LogP contribution in [0.3, 0.4) is 0 Å². The van der Waals surface area contributed by atoms with Crippen LogP contribution in [0.1, 0.15) is 49.5 Å². The van der Waals surface area contributed by atoms with Crippen molar-refractivity contribution >= 4 is 12.0 Å². The smallest absolute Gasteiger partial charge is 0.410 e. The van der Waals surface area contributed by atoms with Gasteiger partial charge in [-0.25, -0.2) is 4.79 Å². The highest BCUT2D eigenvalue weighted by atomic mass is 16.6. The van der Waals surface area contributed by atoms with E-state index in [9.17, 15) is 9.59 Å². The van der Waals surface area contributed by atoms with Crippen LogP contribution < -0.4 is 0 Å². The van der Waals surface area contributed by atoms with Gasteiger partial charge >= 0.3 is 6.09 Å². The Hall–Kier alpha value is -2.08. The van der Waals surface area contributed by atoms with Crippen LogP contribution in [0.15, 0.2) is 24.3 Å². The Labute approximate surface area is 163 Å². The topological polar surface area (TPSA) is 53.1 Å². The summed E-state index contributed by atoms with van der Waals surface area (Å²) in [7, 11) is 5.63.